The zero-order valence-electron chi connectivity index (χ0n) is 13.3. The van der Waals surface area contributed by atoms with Crippen molar-refractivity contribution in [2.75, 3.05) is 44.6 Å². The SMILES string of the molecule is CCCNC(=O)CN1CCN(C(=S)Nc2cccc(Br)c2)CC1. The molecular weight excluding hydrogens is 376 g/mol. The second-order valence-electron chi connectivity index (χ2n) is 5.55. The van der Waals surface area contributed by atoms with Crippen LogP contribution in [-0.2, 0) is 4.79 Å². The summed E-state index contributed by atoms with van der Waals surface area (Å²) >= 11 is 8.94. The van der Waals surface area contributed by atoms with Crippen LogP contribution in [0.15, 0.2) is 28.7 Å². The van der Waals surface area contributed by atoms with Crippen LogP contribution in [0.4, 0.5) is 5.69 Å². The zero-order chi connectivity index (χ0) is 16.7. The molecule has 2 rings (SSSR count). The predicted octanol–water partition coefficient (Wildman–Crippen LogP) is 2.29. The third kappa shape index (κ3) is 6.08. The molecule has 1 fully saturated rings. The number of nitrogens with one attached hydrogen (secondary N) is 2. The molecule has 1 amide bonds. The molecule has 1 saturated heterocycles. The molecule has 1 heterocycles. The van der Waals surface area contributed by atoms with Crippen LogP contribution >= 0.6 is 28.1 Å². The van der Waals surface area contributed by atoms with E-state index in [-0.39, 0.29) is 5.91 Å². The van der Waals surface area contributed by atoms with Gasteiger partial charge in [0.15, 0.2) is 5.11 Å². The topological polar surface area (TPSA) is 47.6 Å². The summed E-state index contributed by atoms with van der Waals surface area (Å²) in [7, 11) is 0. The average Bonchev–Trinajstić information content (AvgIpc) is 2.53. The average molecular weight is 399 g/mol. The van der Waals surface area contributed by atoms with E-state index in [1.54, 1.807) is 0 Å². The highest BCUT2D eigenvalue weighted by atomic mass is 79.9. The van der Waals surface area contributed by atoms with Crippen molar-refractivity contribution in [1.82, 2.24) is 15.1 Å². The van der Waals surface area contributed by atoms with Crippen LogP contribution in [0.3, 0.4) is 0 Å². The maximum atomic E-state index is 11.7. The molecule has 0 bridgehead atoms. The Bertz CT molecular complexity index is 547. The van der Waals surface area contributed by atoms with Gasteiger partial charge in [-0.05, 0) is 36.8 Å². The number of amides is 1. The Labute approximate surface area is 151 Å². The number of hydrogen-bond donors (Lipinski definition) is 2. The van der Waals surface area contributed by atoms with E-state index in [4.69, 9.17) is 12.2 Å². The minimum absolute atomic E-state index is 0.107. The molecule has 1 aromatic rings. The van der Waals surface area contributed by atoms with Crippen molar-refractivity contribution < 1.29 is 4.79 Å². The van der Waals surface area contributed by atoms with E-state index in [1.807, 2.05) is 24.3 Å². The number of carbonyl (C=O) groups is 1. The molecule has 2 N–H and O–H groups in total. The summed E-state index contributed by atoms with van der Waals surface area (Å²) in [4.78, 5) is 16.1. The van der Waals surface area contributed by atoms with Crippen LogP contribution in [0.2, 0.25) is 0 Å². The molecular formula is C16H23BrN4OS. The molecule has 0 saturated carbocycles. The smallest absolute Gasteiger partial charge is 0.234 e. The van der Waals surface area contributed by atoms with Crippen molar-refractivity contribution in [3.05, 3.63) is 28.7 Å². The molecule has 23 heavy (non-hydrogen) atoms. The molecule has 5 nitrogen and oxygen atoms in total. The number of nitrogens with zero attached hydrogens (tertiary/aromatic N) is 2. The van der Waals surface area contributed by atoms with Crippen molar-refractivity contribution in [3.63, 3.8) is 0 Å². The maximum Gasteiger partial charge on any atom is 0.234 e. The predicted molar refractivity (Wildman–Crippen MR) is 102 cm³/mol. The molecule has 7 heteroatoms. The van der Waals surface area contributed by atoms with Crippen LogP contribution < -0.4 is 10.6 Å². The molecule has 1 aliphatic rings. The Hall–Kier alpha value is -1.18. The number of anilines is 1. The number of benzene rings is 1. The molecule has 0 spiro atoms. The minimum Gasteiger partial charge on any atom is -0.355 e. The first kappa shape index (κ1) is 18.2. The molecule has 0 aromatic heterocycles. The Morgan fingerprint density at radius 3 is 2.70 bits per heavy atom. The molecule has 1 aromatic carbocycles. The lowest BCUT2D eigenvalue weighted by Gasteiger charge is -2.35. The van der Waals surface area contributed by atoms with Gasteiger partial charge in [-0.3, -0.25) is 9.69 Å². The van der Waals surface area contributed by atoms with Gasteiger partial charge >= 0.3 is 0 Å². The van der Waals surface area contributed by atoms with Gasteiger partial charge in [-0.15, -0.1) is 0 Å². The first-order valence-corrected chi connectivity index (χ1v) is 9.09. The van der Waals surface area contributed by atoms with Crippen molar-refractivity contribution in [2.24, 2.45) is 0 Å². The number of halogens is 1. The Balaban J connectivity index is 1.75. The molecule has 0 atom stereocenters. The summed E-state index contributed by atoms with van der Waals surface area (Å²) < 4.78 is 1.02. The largest absolute Gasteiger partial charge is 0.355 e. The van der Waals surface area contributed by atoms with Gasteiger partial charge in [-0.25, -0.2) is 0 Å². The van der Waals surface area contributed by atoms with Gasteiger partial charge < -0.3 is 15.5 Å². The summed E-state index contributed by atoms with van der Waals surface area (Å²) in [6, 6.07) is 7.95. The second-order valence-corrected chi connectivity index (χ2v) is 6.86. The number of hydrogen-bond acceptors (Lipinski definition) is 3. The fraction of sp³-hybridized carbons (Fsp3) is 0.500. The van der Waals surface area contributed by atoms with Gasteiger partial charge in [-0.1, -0.05) is 28.9 Å². The van der Waals surface area contributed by atoms with E-state index in [2.05, 4.69) is 43.3 Å². The van der Waals surface area contributed by atoms with Crippen molar-refractivity contribution in [2.45, 2.75) is 13.3 Å². The normalized spacial score (nSPS) is 15.3. The first-order chi connectivity index (χ1) is 11.1. The molecule has 0 unspecified atom stereocenters. The molecule has 1 aliphatic heterocycles. The van der Waals surface area contributed by atoms with Crippen LogP contribution in [0.25, 0.3) is 0 Å². The van der Waals surface area contributed by atoms with Gasteiger partial charge in [0, 0.05) is 42.9 Å². The van der Waals surface area contributed by atoms with Crippen LogP contribution in [0.1, 0.15) is 13.3 Å². The van der Waals surface area contributed by atoms with Crippen LogP contribution in [0, 0.1) is 0 Å². The van der Waals surface area contributed by atoms with Gasteiger partial charge in [0.2, 0.25) is 5.91 Å². The molecule has 126 valence electrons. The third-order valence-electron chi connectivity index (χ3n) is 3.67. The van der Waals surface area contributed by atoms with Gasteiger partial charge in [0.05, 0.1) is 6.54 Å². The highest BCUT2D eigenvalue weighted by molar-refractivity contribution is 9.10. The van der Waals surface area contributed by atoms with Gasteiger partial charge in [-0.2, -0.15) is 0 Å². The van der Waals surface area contributed by atoms with E-state index in [1.165, 1.54) is 0 Å². The summed E-state index contributed by atoms with van der Waals surface area (Å²) in [6.45, 7) is 6.64. The molecule has 0 aliphatic carbocycles. The van der Waals surface area contributed by atoms with E-state index in [0.29, 0.717) is 6.54 Å². The lowest BCUT2D eigenvalue weighted by atomic mass is 10.3. The standard InChI is InChI=1S/C16H23BrN4OS/c1-2-6-18-15(22)12-20-7-9-21(10-8-20)16(23)19-14-5-3-4-13(17)11-14/h3-5,11H,2,6-10,12H2,1H3,(H,18,22)(H,19,23). The van der Waals surface area contributed by atoms with Crippen molar-refractivity contribution in [3.8, 4) is 0 Å². The lowest BCUT2D eigenvalue weighted by Crippen LogP contribution is -2.52. The van der Waals surface area contributed by atoms with Crippen LogP contribution in [-0.4, -0.2) is 60.1 Å². The van der Waals surface area contributed by atoms with Gasteiger partial charge in [0.1, 0.15) is 0 Å². The quantitative estimate of drug-likeness (QED) is 0.745. The Morgan fingerprint density at radius 2 is 2.04 bits per heavy atom. The number of piperazine rings is 1. The van der Waals surface area contributed by atoms with E-state index < -0.39 is 0 Å². The lowest BCUT2D eigenvalue weighted by molar-refractivity contribution is -0.122. The van der Waals surface area contributed by atoms with Gasteiger partial charge in [0.25, 0.3) is 0 Å². The van der Waals surface area contributed by atoms with Crippen molar-refractivity contribution >= 4 is 44.9 Å². The molecule has 0 radical (unpaired) electrons. The minimum atomic E-state index is 0.107. The first-order valence-electron chi connectivity index (χ1n) is 7.89. The Morgan fingerprint density at radius 1 is 1.30 bits per heavy atom. The monoisotopic (exact) mass is 398 g/mol. The van der Waals surface area contributed by atoms with Crippen LogP contribution in [0.5, 0.6) is 0 Å². The van der Waals surface area contributed by atoms with E-state index in [9.17, 15) is 4.79 Å². The van der Waals surface area contributed by atoms with E-state index in [0.717, 1.165) is 54.4 Å². The van der Waals surface area contributed by atoms with E-state index >= 15 is 0 Å². The second kappa shape index (κ2) is 9.20. The third-order valence-corrected chi connectivity index (χ3v) is 4.53. The summed E-state index contributed by atoms with van der Waals surface area (Å²) in [5.74, 6) is 0.107. The zero-order valence-corrected chi connectivity index (χ0v) is 15.8. The van der Waals surface area contributed by atoms with Crippen molar-refractivity contribution in [1.29, 1.82) is 0 Å². The number of thiocarbonyl (C=S) groups is 1. The Kier molecular flexibility index (Phi) is 7.26. The highest BCUT2D eigenvalue weighted by Gasteiger charge is 2.20. The summed E-state index contributed by atoms with van der Waals surface area (Å²) in [5.41, 5.74) is 0.978. The maximum absolute atomic E-state index is 11.7. The fourth-order valence-corrected chi connectivity index (χ4v) is 3.10. The number of carbonyl (C=O) groups excluding carboxylic acids is 1. The highest BCUT2D eigenvalue weighted by Crippen LogP contribution is 2.16. The summed E-state index contributed by atoms with van der Waals surface area (Å²) in [5, 5.41) is 6.91. The summed E-state index contributed by atoms with van der Waals surface area (Å²) in [6.07, 6.45) is 0.967. The number of rotatable bonds is 5. The fourth-order valence-electron chi connectivity index (χ4n) is 2.40.